The third-order valence-electron chi connectivity index (χ3n) is 3.12. The Kier molecular flexibility index (Phi) is 4.72. The van der Waals surface area contributed by atoms with Gasteiger partial charge in [-0.05, 0) is 42.5 Å². The molecule has 0 saturated carbocycles. The normalized spacial score (nSPS) is 10.2. The van der Waals surface area contributed by atoms with Gasteiger partial charge in [0.05, 0.1) is 5.56 Å². The molecule has 6 nitrogen and oxygen atoms in total. The van der Waals surface area contributed by atoms with Crippen molar-refractivity contribution in [2.75, 3.05) is 10.6 Å². The van der Waals surface area contributed by atoms with Crippen LogP contribution in [0.15, 0.2) is 65.3 Å². The summed E-state index contributed by atoms with van der Waals surface area (Å²) < 4.78 is 0.951. The van der Waals surface area contributed by atoms with Gasteiger partial charge in [0.1, 0.15) is 5.82 Å². The van der Waals surface area contributed by atoms with Crippen molar-refractivity contribution in [3.05, 3.63) is 70.8 Å². The summed E-state index contributed by atoms with van der Waals surface area (Å²) in [6.07, 6.45) is 1.62. The van der Waals surface area contributed by atoms with Crippen LogP contribution < -0.4 is 10.6 Å². The number of carbonyl (C=O) groups is 1. The molecule has 0 fully saturated rings. The minimum Gasteiger partial charge on any atom is -0.478 e. The van der Waals surface area contributed by atoms with Gasteiger partial charge in [-0.1, -0.05) is 28.1 Å². The van der Waals surface area contributed by atoms with Gasteiger partial charge in [0.25, 0.3) is 0 Å². The van der Waals surface area contributed by atoms with Gasteiger partial charge < -0.3 is 15.7 Å². The van der Waals surface area contributed by atoms with Crippen molar-refractivity contribution in [1.82, 2.24) is 9.97 Å². The number of benzene rings is 2. The topological polar surface area (TPSA) is 87.1 Å². The van der Waals surface area contributed by atoms with E-state index in [9.17, 15) is 4.79 Å². The summed E-state index contributed by atoms with van der Waals surface area (Å²) in [7, 11) is 0. The Morgan fingerprint density at radius 1 is 1.00 bits per heavy atom. The average Bonchev–Trinajstić information content (AvgIpc) is 2.55. The molecule has 0 atom stereocenters. The van der Waals surface area contributed by atoms with E-state index >= 15 is 0 Å². The minimum atomic E-state index is -0.974. The Morgan fingerprint density at radius 3 is 2.50 bits per heavy atom. The first kappa shape index (κ1) is 15.9. The van der Waals surface area contributed by atoms with Crippen molar-refractivity contribution in [2.24, 2.45) is 0 Å². The fraction of sp³-hybridized carbons (Fsp3) is 0. The van der Waals surface area contributed by atoms with Gasteiger partial charge in [-0.2, -0.15) is 4.98 Å². The first-order valence-electron chi connectivity index (χ1n) is 7.06. The molecule has 1 aromatic heterocycles. The second kappa shape index (κ2) is 7.10. The van der Waals surface area contributed by atoms with E-state index in [0.717, 1.165) is 10.2 Å². The molecule has 0 aliphatic carbocycles. The highest BCUT2D eigenvalue weighted by molar-refractivity contribution is 9.10. The maximum absolute atomic E-state index is 11.0. The number of carboxylic acid groups (broad SMARTS) is 1. The fourth-order valence-electron chi connectivity index (χ4n) is 2.06. The van der Waals surface area contributed by atoms with E-state index in [0.29, 0.717) is 17.5 Å². The second-order valence-electron chi connectivity index (χ2n) is 4.91. The van der Waals surface area contributed by atoms with E-state index in [1.165, 1.54) is 6.07 Å². The SMILES string of the molecule is O=C(O)c1cccc(Nc2ccnc(Nc3cccc(Br)c3)n2)c1. The van der Waals surface area contributed by atoms with E-state index in [1.807, 2.05) is 24.3 Å². The van der Waals surface area contributed by atoms with Gasteiger partial charge in [-0.3, -0.25) is 0 Å². The molecule has 3 N–H and O–H groups in total. The van der Waals surface area contributed by atoms with E-state index in [-0.39, 0.29) is 5.56 Å². The van der Waals surface area contributed by atoms with Crippen LogP contribution in [0, 0.1) is 0 Å². The summed E-state index contributed by atoms with van der Waals surface area (Å²) >= 11 is 3.41. The zero-order valence-corrected chi connectivity index (χ0v) is 14.0. The zero-order chi connectivity index (χ0) is 16.9. The van der Waals surface area contributed by atoms with Gasteiger partial charge >= 0.3 is 5.97 Å². The number of aromatic nitrogens is 2. The Hall–Kier alpha value is -2.93. The quantitative estimate of drug-likeness (QED) is 0.603. The fourth-order valence-corrected chi connectivity index (χ4v) is 2.46. The van der Waals surface area contributed by atoms with Crippen LogP contribution in [0.5, 0.6) is 0 Å². The van der Waals surface area contributed by atoms with E-state index in [4.69, 9.17) is 5.11 Å². The van der Waals surface area contributed by atoms with Crippen LogP contribution in [0.4, 0.5) is 23.1 Å². The van der Waals surface area contributed by atoms with Crippen LogP contribution in [-0.2, 0) is 0 Å². The van der Waals surface area contributed by atoms with Crippen LogP contribution >= 0.6 is 15.9 Å². The molecule has 0 aliphatic heterocycles. The Morgan fingerprint density at radius 2 is 1.75 bits per heavy atom. The number of rotatable bonds is 5. The molecule has 24 heavy (non-hydrogen) atoms. The molecule has 0 saturated heterocycles. The number of nitrogens with zero attached hydrogens (tertiary/aromatic N) is 2. The van der Waals surface area contributed by atoms with Crippen LogP contribution in [0.25, 0.3) is 0 Å². The molecule has 0 unspecified atom stereocenters. The molecule has 0 radical (unpaired) electrons. The van der Waals surface area contributed by atoms with E-state index in [1.54, 1.807) is 30.5 Å². The summed E-state index contributed by atoms with van der Waals surface area (Å²) in [4.78, 5) is 19.6. The van der Waals surface area contributed by atoms with Crippen molar-refractivity contribution in [3.8, 4) is 0 Å². The molecular formula is C17H13BrN4O2. The maximum Gasteiger partial charge on any atom is 0.335 e. The number of nitrogens with one attached hydrogen (secondary N) is 2. The number of aromatic carboxylic acids is 1. The molecular weight excluding hydrogens is 372 g/mol. The van der Waals surface area contributed by atoms with Gasteiger partial charge in [0.2, 0.25) is 5.95 Å². The first-order valence-corrected chi connectivity index (χ1v) is 7.85. The van der Waals surface area contributed by atoms with Crippen LogP contribution in [-0.4, -0.2) is 21.0 Å². The van der Waals surface area contributed by atoms with Crippen molar-refractivity contribution in [1.29, 1.82) is 0 Å². The zero-order valence-electron chi connectivity index (χ0n) is 12.4. The Labute approximate surface area is 146 Å². The summed E-state index contributed by atoms with van der Waals surface area (Å²) in [6.45, 7) is 0. The molecule has 120 valence electrons. The van der Waals surface area contributed by atoms with Gasteiger partial charge in [-0.25, -0.2) is 9.78 Å². The molecule has 1 heterocycles. The lowest BCUT2D eigenvalue weighted by Gasteiger charge is -2.09. The lowest BCUT2D eigenvalue weighted by Crippen LogP contribution is -2.01. The third-order valence-corrected chi connectivity index (χ3v) is 3.61. The molecule has 7 heteroatoms. The number of hydrogen-bond acceptors (Lipinski definition) is 5. The van der Waals surface area contributed by atoms with Crippen molar-refractivity contribution in [3.63, 3.8) is 0 Å². The largest absolute Gasteiger partial charge is 0.478 e. The Balaban J connectivity index is 1.78. The van der Waals surface area contributed by atoms with Crippen molar-refractivity contribution >= 4 is 45.0 Å². The minimum absolute atomic E-state index is 0.210. The summed E-state index contributed by atoms with van der Waals surface area (Å²) in [5.74, 6) is 0.0240. The summed E-state index contributed by atoms with van der Waals surface area (Å²) in [5, 5.41) is 15.2. The van der Waals surface area contributed by atoms with Crippen LogP contribution in [0.2, 0.25) is 0 Å². The molecule has 0 bridgehead atoms. The predicted molar refractivity (Wildman–Crippen MR) is 96.1 cm³/mol. The third kappa shape index (κ3) is 4.08. The monoisotopic (exact) mass is 384 g/mol. The van der Waals surface area contributed by atoms with Gasteiger partial charge in [0, 0.05) is 22.0 Å². The van der Waals surface area contributed by atoms with Gasteiger partial charge in [-0.15, -0.1) is 0 Å². The highest BCUT2D eigenvalue weighted by Gasteiger charge is 2.05. The lowest BCUT2D eigenvalue weighted by molar-refractivity contribution is 0.0697. The lowest BCUT2D eigenvalue weighted by atomic mass is 10.2. The highest BCUT2D eigenvalue weighted by atomic mass is 79.9. The van der Waals surface area contributed by atoms with E-state index < -0.39 is 5.97 Å². The molecule has 3 rings (SSSR count). The number of carboxylic acids is 1. The average molecular weight is 385 g/mol. The second-order valence-corrected chi connectivity index (χ2v) is 5.83. The molecule has 3 aromatic rings. The highest BCUT2D eigenvalue weighted by Crippen LogP contribution is 2.20. The smallest absolute Gasteiger partial charge is 0.335 e. The predicted octanol–water partition coefficient (Wildman–Crippen LogP) is 4.42. The Bertz CT molecular complexity index is 886. The molecule has 2 aromatic carbocycles. The van der Waals surface area contributed by atoms with Crippen LogP contribution in [0.3, 0.4) is 0 Å². The maximum atomic E-state index is 11.0. The molecule has 0 spiro atoms. The standard InChI is InChI=1S/C17H13BrN4O2/c18-12-4-2-6-14(10-12)21-17-19-8-7-15(22-17)20-13-5-1-3-11(9-13)16(23)24/h1-10H,(H,23,24)(H2,19,20,21,22). The van der Waals surface area contributed by atoms with Crippen LogP contribution in [0.1, 0.15) is 10.4 Å². The number of anilines is 4. The van der Waals surface area contributed by atoms with E-state index in [2.05, 4.69) is 36.5 Å². The van der Waals surface area contributed by atoms with Crippen molar-refractivity contribution in [2.45, 2.75) is 0 Å². The summed E-state index contributed by atoms with van der Waals surface area (Å²) in [5.41, 5.74) is 1.71. The summed E-state index contributed by atoms with van der Waals surface area (Å²) in [6, 6.07) is 15.9. The van der Waals surface area contributed by atoms with Crippen molar-refractivity contribution < 1.29 is 9.90 Å². The molecule has 0 amide bonds. The number of hydrogen-bond donors (Lipinski definition) is 3. The number of halogens is 1. The first-order chi connectivity index (χ1) is 11.6. The van der Waals surface area contributed by atoms with Gasteiger partial charge in [0.15, 0.2) is 0 Å². The molecule has 0 aliphatic rings.